The van der Waals surface area contributed by atoms with Gasteiger partial charge in [-0.15, -0.1) is 11.3 Å². The highest BCUT2D eigenvalue weighted by atomic mass is 32.1. The lowest BCUT2D eigenvalue weighted by Crippen LogP contribution is -2.42. The highest BCUT2D eigenvalue weighted by Crippen LogP contribution is 2.33. The van der Waals surface area contributed by atoms with Crippen LogP contribution in [0.25, 0.3) is 21.0 Å². The van der Waals surface area contributed by atoms with Crippen LogP contribution >= 0.6 is 11.3 Å². The van der Waals surface area contributed by atoms with Crippen molar-refractivity contribution in [2.75, 3.05) is 7.11 Å². The SMILES string of the molecule is COCc1c(C(=O)NNC(=O)Cc2c[nH]c3ccccc23)sc2cccc(F)c12. The van der Waals surface area contributed by atoms with Gasteiger partial charge in [-0.25, -0.2) is 4.39 Å². The van der Waals surface area contributed by atoms with E-state index in [2.05, 4.69) is 15.8 Å². The fourth-order valence-electron chi connectivity index (χ4n) is 3.31. The Morgan fingerprint density at radius 2 is 1.97 bits per heavy atom. The van der Waals surface area contributed by atoms with Gasteiger partial charge in [0.25, 0.3) is 5.91 Å². The summed E-state index contributed by atoms with van der Waals surface area (Å²) in [6, 6.07) is 12.3. The fraction of sp³-hybridized carbons (Fsp3) is 0.143. The Labute approximate surface area is 169 Å². The Morgan fingerprint density at radius 1 is 1.14 bits per heavy atom. The summed E-state index contributed by atoms with van der Waals surface area (Å²) < 4.78 is 20.0. The molecule has 148 valence electrons. The molecule has 2 heterocycles. The zero-order valence-electron chi connectivity index (χ0n) is 15.5. The monoisotopic (exact) mass is 411 g/mol. The molecule has 29 heavy (non-hydrogen) atoms. The quantitative estimate of drug-likeness (QED) is 0.438. The third-order valence-electron chi connectivity index (χ3n) is 4.60. The fourth-order valence-corrected chi connectivity index (χ4v) is 4.43. The first kappa shape index (κ1) is 19.1. The lowest BCUT2D eigenvalue weighted by Gasteiger charge is -2.08. The first-order valence-electron chi connectivity index (χ1n) is 8.91. The number of benzene rings is 2. The summed E-state index contributed by atoms with van der Waals surface area (Å²) in [5.74, 6) is -1.28. The van der Waals surface area contributed by atoms with Gasteiger partial charge in [-0.05, 0) is 23.8 Å². The van der Waals surface area contributed by atoms with Crippen LogP contribution in [0, 0.1) is 5.82 Å². The molecule has 0 unspecified atom stereocenters. The van der Waals surface area contributed by atoms with Crippen molar-refractivity contribution < 1.29 is 18.7 Å². The molecule has 8 heteroatoms. The average Bonchev–Trinajstić information content (AvgIpc) is 3.29. The van der Waals surface area contributed by atoms with E-state index in [1.165, 1.54) is 13.2 Å². The number of halogens is 1. The van der Waals surface area contributed by atoms with Gasteiger partial charge in [0.05, 0.1) is 13.0 Å². The second kappa shape index (κ2) is 8.02. The summed E-state index contributed by atoms with van der Waals surface area (Å²) in [7, 11) is 1.48. The van der Waals surface area contributed by atoms with Crippen LogP contribution in [-0.4, -0.2) is 23.9 Å². The van der Waals surface area contributed by atoms with Crippen LogP contribution in [-0.2, 0) is 22.6 Å². The number of aromatic nitrogens is 1. The van der Waals surface area contributed by atoms with Gasteiger partial charge in [-0.2, -0.15) is 0 Å². The van der Waals surface area contributed by atoms with Crippen molar-refractivity contribution in [2.45, 2.75) is 13.0 Å². The first-order valence-corrected chi connectivity index (χ1v) is 9.73. The van der Waals surface area contributed by atoms with Crippen LogP contribution < -0.4 is 10.9 Å². The maximum atomic E-state index is 14.2. The van der Waals surface area contributed by atoms with Crippen LogP contribution in [0.2, 0.25) is 0 Å². The Kier molecular flexibility index (Phi) is 5.28. The molecule has 0 aliphatic heterocycles. The number of thiophene rings is 1. The molecule has 2 aromatic heterocycles. The standard InChI is InChI=1S/C21H18FN3O3S/c1-28-11-14-19-15(22)6-4-8-17(19)29-20(14)21(27)25-24-18(26)9-12-10-23-16-7-3-2-5-13(12)16/h2-8,10,23H,9,11H2,1H3,(H,24,26)(H,25,27). The second-order valence-electron chi connectivity index (χ2n) is 6.49. The van der Waals surface area contributed by atoms with E-state index in [1.54, 1.807) is 18.3 Å². The van der Waals surface area contributed by atoms with Crippen LogP contribution in [0.3, 0.4) is 0 Å². The number of rotatable bonds is 5. The third kappa shape index (κ3) is 3.72. The zero-order valence-corrected chi connectivity index (χ0v) is 16.4. The Bertz CT molecular complexity index is 1210. The van der Waals surface area contributed by atoms with Gasteiger partial charge in [0.1, 0.15) is 10.7 Å². The highest BCUT2D eigenvalue weighted by Gasteiger charge is 2.21. The van der Waals surface area contributed by atoms with E-state index in [4.69, 9.17) is 4.74 Å². The summed E-state index contributed by atoms with van der Waals surface area (Å²) in [5.41, 5.74) is 7.09. The van der Waals surface area contributed by atoms with Crippen LogP contribution in [0.1, 0.15) is 20.8 Å². The molecule has 2 amide bonds. The number of aromatic amines is 1. The molecule has 0 bridgehead atoms. The van der Waals surface area contributed by atoms with Gasteiger partial charge >= 0.3 is 0 Å². The van der Waals surface area contributed by atoms with E-state index in [-0.39, 0.29) is 18.9 Å². The Balaban J connectivity index is 1.49. The molecule has 0 fully saturated rings. The van der Waals surface area contributed by atoms with Crippen LogP contribution in [0.4, 0.5) is 4.39 Å². The smallest absolute Gasteiger partial charge is 0.280 e. The molecular formula is C21H18FN3O3S. The maximum Gasteiger partial charge on any atom is 0.280 e. The van der Waals surface area contributed by atoms with E-state index in [1.807, 2.05) is 24.3 Å². The van der Waals surface area contributed by atoms with Gasteiger partial charge in [-0.1, -0.05) is 24.3 Å². The molecule has 2 aromatic carbocycles. The molecular weight excluding hydrogens is 393 g/mol. The predicted molar refractivity (Wildman–Crippen MR) is 110 cm³/mol. The number of hydrogen-bond donors (Lipinski definition) is 3. The molecule has 0 atom stereocenters. The summed E-state index contributed by atoms with van der Waals surface area (Å²) in [4.78, 5) is 28.4. The van der Waals surface area contributed by atoms with Crippen LogP contribution in [0.15, 0.2) is 48.7 Å². The Morgan fingerprint density at radius 3 is 2.79 bits per heavy atom. The summed E-state index contributed by atoms with van der Waals surface area (Å²) >= 11 is 1.16. The van der Waals surface area contributed by atoms with E-state index >= 15 is 0 Å². The number of methoxy groups -OCH3 is 1. The number of ether oxygens (including phenoxy) is 1. The second-order valence-corrected chi connectivity index (χ2v) is 7.55. The Hall–Kier alpha value is -3.23. The molecule has 0 saturated carbocycles. The minimum Gasteiger partial charge on any atom is -0.380 e. The van der Waals surface area contributed by atoms with Gasteiger partial charge in [0, 0.05) is 39.9 Å². The normalized spacial score (nSPS) is 11.1. The maximum absolute atomic E-state index is 14.2. The molecule has 0 radical (unpaired) electrons. The van der Waals surface area contributed by atoms with Crippen molar-refractivity contribution in [1.29, 1.82) is 0 Å². The minimum absolute atomic E-state index is 0.0903. The van der Waals surface area contributed by atoms with Gasteiger partial charge < -0.3 is 9.72 Å². The number of amides is 2. The minimum atomic E-state index is -0.509. The lowest BCUT2D eigenvalue weighted by atomic mass is 10.1. The molecule has 0 saturated heterocycles. The average molecular weight is 411 g/mol. The topological polar surface area (TPSA) is 83.2 Å². The summed E-state index contributed by atoms with van der Waals surface area (Å²) in [5, 5.41) is 1.32. The zero-order chi connectivity index (χ0) is 20.4. The number of carbonyl (C=O) groups excluding carboxylic acids is 2. The number of hydrazine groups is 1. The molecule has 0 spiro atoms. The van der Waals surface area contributed by atoms with Crippen molar-refractivity contribution in [2.24, 2.45) is 0 Å². The van der Waals surface area contributed by atoms with E-state index in [0.29, 0.717) is 20.5 Å². The van der Waals surface area contributed by atoms with Crippen molar-refractivity contribution in [3.8, 4) is 0 Å². The van der Waals surface area contributed by atoms with Crippen molar-refractivity contribution in [3.05, 3.63) is 70.5 Å². The highest BCUT2D eigenvalue weighted by molar-refractivity contribution is 7.21. The van der Waals surface area contributed by atoms with Crippen molar-refractivity contribution >= 4 is 44.1 Å². The largest absolute Gasteiger partial charge is 0.380 e. The van der Waals surface area contributed by atoms with Crippen molar-refractivity contribution in [3.63, 3.8) is 0 Å². The van der Waals surface area contributed by atoms with E-state index in [0.717, 1.165) is 27.8 Å². The van der Waals surface area contributed by atoms with Gasteiger partial charge in [-0.3, -0.25) is 20.4 Å². The molecule has 3 N–H and O–H groups in total. The number of carbonyl (C=O) groups is 2. The lowest BCUT2D eigenvalue weighted by molar-refractivity contribution is -0.121. The predicted octanol–water partition coefficient (Wildman–Crippen LogP) is 3.67. The van der Waals surface area contributed by atoms with Crippen LogP contribution in [0.5, 0.6) is 0 Å². The molecule has 0 aliphatic carbocycles. The molecule has 0 aliphatic rings. The molecule has 4 aromatic rings. The number of hydrogen-bond acceptors (Lipinski definition) is 4. The first-order chi connectivity index (χ1) is 14.1. The van der Waals surface area contributed by atoms with Gasteiger partial charge in [0.2, 0.25) is 5.91 Å². The van der Waals surface area contributed by atoms with Gasteiger partial charge in [0.15, 0.2) is 0 Å². The molecule has 4 rings (SSSR count). The number of fused-ring (bicyclic) bond motifs is 2. The number of H-pyrrole nitrogens is 1. The van der Waals surface area contributed by atoms with E-state index < -0.39 is 11.7 Å². The summed E-state index contributed by atoms with van der Waals surface area (Å²) in [6.07, 6.45) is 1.88. The van der Waals surface area contributed by atoms with Crippen molar-refractivity contribution in [1.82, 2.24) is 15.8 Å². The third-order valence-corrected chi connectivity index (χ3v) is 5.80. The van der Waals surface area contributed by atoms with E-state index in [9.17, 15) is 14.0 Å². The number of nitrogens with one attached hydrogen (secondary N) is 3. The molecule has 6 nitrogen and oxygen atoms in total. The summed E-state index contributed by atoms with van der Waals surface area (Å²) in [6.45, 7) is 0.0903. The number of para-hydroxylation sites is 1.